The normalized spacial score (nSPS) is 12.9. The second kappa shape index (κ2) is 5.64. The molecule has 3 rings (SSSR count). The summed E-state index contributed by atoms with van der Waals surface area (Å²) in [5, 5.41) is 5.31. The Labute approximate surface area is 120 Å². The van der Waals surface area contributed by atoms with E-state index in [-0.39, 0.29) is 6.04 Å². The molecule has 0 aliphatic carbocycles. The van der Waals surface area contributed by atoms with Gasteiger partial charge >= 0.3 is 0 Å². The van der Waals surface area contributed by atoms with E-state index in [1.807, 2.05) is 0 Å². The Hall–Kier alpha value is -1.86. The van der Waals surface area contributed by atoms with Crippen LogP contribution in [0.25, 0.3) is 21.5 Å². The fourth-order valence-corrected chi connectivity index (χ4v) is 3.06. The minimum absolute atomic E-state index is 0.245. The zero-order valence-electron chi connectivity index (χ0n) is 12.0. The summed E-state index contributed by atoms with van der Waals surface area (Å²) < 4.78 is 0. The van der Waals surface area contributed by atoms with E-state index in [4.69, 9.17) is 5.73 Å². The van der Waals surface area contributed by atoms with E-state index in [0.29, 0.717) is 0 Å². The molecule has 0 saturated heterocycles. The summed E-state index contributed by atoms with van der Waals surface area (Å²) in [5.74, 6) is 0. The Bertz CT molecular complexity index is 676. The fraction of sp³-hybridized carbons (Fsp3) is 0.263. The average molecular weight is 263 g/mol. The molecule has 3 aromatic carbocycles. The van der Waals surface area contributed by atoms with Crippen LogP contribution < -0.4 is 5.73 Å². The Kier molecular flexibility index (Phi) is 3.70. The van der Waals surface area contributed by atoms with Crippen molar-refractivity contribution in [1.29, 1.82) is 0 Å². The van der Waals surface area contributed by atoms with Gasteiger partial charge < -0.3 is 5.73 Å². The Morgan fingerprint density at radius 2 is 1.45 bits per heavy atom. The van der Waals surface area contributed by atoms with Gasteiger partial charge in [-0.2, -0.15) is 0 Å². The lowest BCUT2D eigenvalue weighted by Gasteiger charge is -2.15. The van der Waals surface area contributed by atoms with Crippen LogP contribution in [-0.2, 0) is 6.42 Å². The topological polar surface area (TPSA) is 26.0 Å². The average Bonchev–Trinajstić information content (AvgIpc) is 2.47. The van der Waals surface area contributed by atoms with E-state index < -0.39 is 0 Å². The standard InChI is InChI=1S/C19H21N/c1-2-7-16(20)13-19-17-10-5-3-8-14(17)12-15-9-4-6-11-18(15)19/h3-6,8-12,16H,2,7,13,20H2,1H3. The zero-order valence-corrected chi connectivity index (χ0v) is 12.0. The summed E-state index contributed by atoms with van der Waals surface area (Å²) in [7, 11) is 0. The van der Waals surface area contributed by atoms with Crippen molar-refractivity contribution < 1.29 is 0 Å². The van der Waals surface area contributed by atoms with Crippen LogP contribution >= 0.6 is 0 Å². The van der Waals surface area contributed by atoms with Crippen molar-refractivity contribution in [3.8, 4) is 0 Å². The lowest BCUT2D eigenvalue weighted by atomic mass is 9.92. The second-order valence-electron chi connectivity index (χ2n) is 5.55. The molecule has 1 nitrogen and oxygen atoms in total. The number of benzene rings is 3. The van der Waals surface area contributed by atoms with E-state index in [1.165, 1.54) is 27.1 Å². The molecule has 0 aromatic heterocycles. The Morgan fingerprint density at radius 1 is 0.900 bits per heavy atom. The summed E-state index contributed by atoms with van der Waals surface area (Å²) in [6, 6.07) is 19.8. The molecule has 0 heterocycles. The largest absolute Gasteiger partial charge is 0.327 e. The highest BCUT2D eigenvalue weighted by Crippen LogP contribution is 2.29. The molecule has 0 aliphatic heterocycles. The molecule has 0 saturated carbocycles. The van der Waals surface area contributed by atoms with Crippen LogP contribution in [0, 0.1) is 0 Å². The van der Waals surface area contributed by atoms with Crippen LogP contribution in [0.15, 0.2) is 54.6 Å². The van der Waals surface area contributed by atoms with Gasteiger partial charge in [0.25, 0.3) is 0 Å². The molecule has 0 amide bonds. The molecule has 3 aromatic rings. The monoisotopic (exact) mass is 263 g/mol. The van der Waals surface area contributed by atoms with Crippen molar-refractivity contribution in [3.63, 3.8) is 0 Å². The van der Waals surface area contributed by atoms with Gasteiger partial charge in [-0.25, -0.2) is 0 Å². The molecule has 1 atom stereocenters. The third-order valence-electron chi connectivity index (χ3n) is 4.01. The number of hydrogen-bond donors (Lipinski definition) is 1. The maximum atomic E-state index is 6.30. The first-order chi connectivity index (χ1) is 9.79. The van der Waals surface area contributed by atoms with Crippen molar-refractivity contribution in [1.82, 2.24) is 0 Å². The van der Waals surface area contributed by atoms with Crippen LogP contribution in [0.5, 0.6) is 0 Å². The van der Waals surface area contributed by atoms with Gasteiger partial charge in [0.2, 0.25) is 0 Å². The molecule has 20 heavy (non-hydrogen) atoms. The van der Waals surface area contributed by atoms with E-state index in [1.54, 1.807) is 0 Å². The first-order valence-corrected chi connectivity index (χ1v) is 7.44. The SMILES string of the molecule is CCCC(N)Cc1c2ccccc2cc2ccccc12. The molecule has 0 fully saturated rings. The molecule has 0 aliphatic rings. The summed E-state index contributed by atoms with van der Waals surface area (Å²) in [4.78, 5) is 0. The van der Waals surface area contributed by atoms with Crippen molar-refractivity contribution in [2.45, 2.75) is 32.2 Å². The fourth-order valence-electron chi connectivity index (χ4n) is 3.06. The van der Waals surface area contributed by atoms with Gasteiger partial charge in [0.15, 0.2) is 0 Å². The minimum Gasteiger partial charge on any atom is -0.327 e. The van der Waals surface area contributed by atoms with Crippen LogP contribution in [0.4, 0.5) is 0 Å². The van der Waals surface area contributed by atoms with Gasteiger partial charge in [-0.1, -0.05) is 61.9 Å². The molecule has 1 unspecified atom stereocenters. The quantitative estimate of drug-likeness (QED) is 0.680. The highest BCUT2D eigenvalue weighted by Gasteiger charge is 2.10. The van der Waals surface area contributed by atoms with E-state index in [2.05, 4.69) is 61.5 Å². The lowest BCUT2D eigenvalue weighted by Crippen LogP contribution is -2.22. The molecule has 0 spiro atoms. The molecule has 1 heteroatoms. The van der Waals surface area contributed by atoms with E-state index in [0.717, 1.165) is 19.3 Å². The summed E-state index contributed by atoms with van der Waals surface area (Å²) in [6.45, 7) is 2.20. The number of fused-ring (bicyclic) bond motifs is 2. The molecular formula is C19H21N. The molecule has 0 radical (unpaired) electrons. The maximum Gasteiger partial charge on any atom is 0.00796 e. The van der Waals surface area contributed by atoms with Crippen LogP contribution in [0.1, 0.15) is 25.3 Å². The summed E-state index contributed by atoms with van der Waals surface area (Å²) in [5.41, 5.74) is 7.70. The highest BCUT2D eigenvalue weighted by atomic mass is 14.6. The number of hydrogen-bond acceptors (Lipinski definition) is 1. The predicted molar refractivity (Wildman–Crippen MR) is 88.0 cm³/mol. The van der Waals surface area contributed by atoms with Crippen molar-refractivity contribution in [2.24, 2.45) is 5.73 Å². The first-order valence-electron chi connectivity index (χ1n) is 7.44. The zero-order chi connectivity index (χ0) is 13.9. The Balaban J connectivity index is 2.22. The number of nitrogens with two attached hydrogens (primary N) is 1. The third-order valence-corrected chi connectivity index (χ3v) is 4.01. The van der Waals surface area contributed by atoms with Crippen LogP contribution in [-0.4, -0.2) is 6.04 Å². The van der Waals surface area contributed by atoms with Gasteiger partial charge in [0.05, 0.1) is 0 Å². The second-order valence-corrected chi connectivity index (χ2v) is 5.55. The lowest BCUT2D eigenvalue weighted by molar-refractivity contribution is 0.604. The maximum absolute atomic E-state index is 6.30. The van der Waals surface area contributed by atoms with Gasteiger partial charge in [0, 0.05) is 6.04 Å². The minimum atomic E-state index is 0.245. The van der Waals surface area contributed by atoms with E-state index in [9.17, 15) is 0 Å². The third kappa shape index (κ3) is 2.41. The smallest absolute Gasteiger partial charge is 0.00796 e. The molecule has 102 valence electrons. The Morgan fingerprint density at radius 3 is 2.00 bits per heavy atom. The summed E-state index contributed by atoms with van der Waals surface area (Å²) >= 11 is 0. The highest BCUT2D eigenvalue weighted by molar-refractivity contribution is 6.02. The molecular weight excluding hydrogens is 242 g/mol. The number of rotatable bonds is 4. The van der Waals surface area contributed by atoms with Crippen molar-refractivity contribution in [3.05, 3.63) is 60.2 Å². The summed E-state index contributed by atoms with van der Waals surface area (Å²) in [6.07, 6.45) is 3.18. The van der Waals surface area contributed by atoms with Gasteiger partial charge in [-0.15, -0.1) is 0 Å². The van der Waals surface area contributed by atoms with Gasteiger partial charge in [-0.05, 0) is 46.0 Å². The van der Waals surface area contributed by atoms with Crippen molar-refractivity contribution >= 4 is 21.5 Å². The van der Waals surface area contributed by atoms with E-state index >= 15 is 0 Å². The molecule has 0 bridgehead atoms. The van der Waals surface area contributed by atoms with Crippen LogP contribution in [0.3, 0.4) is 0 Å². The molecule has 2 N–H and O–H groups in total. The van der Waals surface area contributed by atoms with Crippen molar-refractivity contribution in [2.75, 3.05) is 0 Å². The van der Waals surface area contributed by atoms with Gasteiger partial charge in [-0.3, -0.25) is 0 Å². The first kappa shape index (κ1) is 13.1. The van der Waals surface area contributed by atoms with Crippen LogP contribution in [0.2, 0.25) is 0 Å². The van der Waals surface area contributed by atoms with Gasteiger partial charge in [0.1, 0.15) is 0 Å². The predicted octanol–water partition coefficient (Wildman–Crippen LogP) is 4.66.